The number of nitrogens with zero attached hydrogens (tertiary/aromatic N) is 1. The molecule has 2 aromatic carbocycles. The Bertz CT molecular complexity index is 821. The van der Waals surface area contributed by atoms with Gasteiger partial charge < -0.3 is 20.1 Å². The molecule has 0 unspecified atom stereocenters. The number of hydrogen-bond acceptors (Lipinski definition) is 6. The molecule has 2 N–H and O–H groups in total. The van der Waals surface area contributed by atoms with Gasteiger partial charge in [0.1, 0.15) is 11.5 Å². The van der Waals surface area contributed by atoms with Gasteiger partial charge in [-0.1, -0.05) is 6.07 Å². The van der Waals surface area contributed by atoms with E-state index in [2.05, 4.69) is 10.6 Å². The highest BCUT2D eigenvalue weighted by atomic mass is 16.6. The molecule has 0 saturated heterocycles. The van der Waals surface area contributed by atoms with Gasteiger partial charge in [0.05, 0.1) is 24.8 Å². The number of methoxy groups -OCH3 is 2. The number of non-ortho nitro benzene ring substituents is 1. The third-order valence-electron chi connectivity index (χ3n) is 3.18. The van der Waals surface area contributed by atoms with Gasteiger partial charge >= 0.3 is 11.8 Å². The number of nitro groups is 1. The van der Waals surface area contributed by atoms with Crippen molar-refractivity contribution in [2.45, 2.75) is 0 Å². The minimum absolute atomic E-state index is 0.0162. The molecule has 2 aromatic rings. The van der Waals surface area contributed by atoms with Crippen LogP contribution in [0.15, 0.2) is 42.5 Å². The summed E-state index contributed by atoms with van der Waals surface area (Å²) in [7, 11) is 2.81. The fourth-order valence-corrected chi connectivity index (χ4v) is 1.97. The average molecular weight is 345 g/mol. The van der Waals surface area contributed by atoms with E-state index in [4.69, 9.17) is 9.47 Å². The van der Waals surface area contributed by atoms with Crippen LogP contribution >= 0.6 is 0 Å². The van der Waals surface area contributed by atoms with Crippen LogP contribution in [-0.4, -0.2) is 31.0 Å². The van der Waals surface area contributed by atoms with E-state index >= 15 is 0 Å². The molecule has 0 atom stereocenters. The summed E-state index contributed by atoms with van der Waals surface area (Å²) in [6, 6.07) is 10.1. The molecule has 9 heteroatoms. The minimum atomic E-state index is -0.999. The summed E-state index contributed by atoms with van der Waals surface area (Å²) in [4.78, 5) is 34.3. The van der Waals surface area contributed by atoms with E-state index in [1.54, 1.807) is 24.3 Å². The standard InChI is InChI=1S/C16H15N3O6/c1-24-12-5-3-4-10(8-12)17-15(20)16(21)18-13-9-11(19(22)23)6-7-14(13)25-2/h3-9H,1-2H3,(H,17,20)(H,18,21). The number of benzene rings is 2. The highest BCUT2D eigenvalue weighted by Gasteiger charge is 2.18. The smallest absolute Gasteiger partial charge is 0.314 e. The number of hydrogen-bond donors (Lipinski definition) is 2. The summed E-state index contributed by atoms with van der Waals surface area (Å²) in [6.45, 7) is 0. The van der Waals surface area contributed by atoms with E-state index in [-0.39, 0.29) is 17.1 Å². The van der Waals surface area contributed by atoms with Crippen molar-refractivity contribution >= 4 is 28.9 Å². The highest BCUT2D eigenvalue weighted by Crippen LogP contribution is 2.28. The zero-order valence-electron chi connectivity index (χ0n) is 13.4. The number of nitrogens with one attached hydrogen (secondary N) is 2. The number of anilines is 2. The molecule has 0 aliphatic rings. The summed E-state index contributed by atoms with van der Waals surface area (Å²) < 4.78 is 10.0. The quantitative estimate of drug-likeness (QED) is 0.487. The second-order valence-electron chi connectivity index (χ2n) is 4.78. The van der Waals surface area contributed by atoms with Crippen LogP contribution in [0.4, 0.5) is 17.1 Å². The lowest BCUT2D eigenvalue weighted by molar-refractivity contribution is -0.384. The predicted octanol–water partition coefficient (Wildman–Crippen LogP) is 2.19. The van der Waals surface area contributed by atoms with Crippen LogP contribution in [0.3, 0.4) is 0 Å². The topological polar surface area (TPSA) is 120 Å². The first-order valence-corrected chi connectivity index (χ1v) is 7.03. The van der Waals surface area contributed by atoms with Crippen molar-refractivity contribution in [1.29, 1.82) is 0 Å². The summed E-state index contributed by atoms with van der Waals surface area (Å²) in [5.41, 5.74) is 0.136. The van der Waals surface area contributed by atoms with Gasteiger partial charge in [-0.15, -0.1) is 0 Å². The van der Waals surface area contributed by atoms with Crippen LogP contribution in [0.25, 0.3) is 0 Å². The molecule has 0 aliphatic heterocycles. The van der Waals surface area contributed by atoms with Crippen molar-refractivity contribution in [3.05, 3.63) is 52.6 Å². The average Bonchev–Trinajstić information content (AvgIpc) is 2.61. The Morgan fingerprint density at radius 2 is 1.72 bits per heavy atom. The predicted molar refractivity (Wildman–Crippen MR) is 89.9 cm³/mol. The van der Waals surface area contributed by atoms with Crippen molar-refractivity contribution in [3.63, 3.8) is 0 Å². The maximum absolute atomic E-state index is 12.0. The van der Waals surface area contributed by atoms with Crippen molar-refractivity contribution < 1.29 is 24.0 Å². The van der Waals surface area contributed by atoms with Gasteiger partial charge in [-0.3, -0.25) is 19.7 Å². The summed E-state index contributed by atoms with van der Waals surface area (Å²) in [5.74, 6) is -1.24. The maximum atomic E-state index is 12.0. The molecule has 0 heterocycles. The Morgan fingerprint density at radius 1 is 1.00 bits per heavy atom. The second kappa shape index (κ2) is 7.77. The number of rotatable bonds is 5. The van der Waals surface area contributed by atoms with Gasteiger partial charge in [-0.05, 0) is 18.2 Å². The molecule has 9 nitrogen and oxygen atoms in total. The Morgan fingerprint density at radius 3 is 2.36 bits per heavy atom. The summed E-state index contributed by atoms with van der Waals surface area (Å²) in [6.07, 6.45) is 0. The van der Waals surface area contributed by atoms with E-state index < -0.39 is 16.7 Å². The van der Waals surface area contributed by atoms with Gasteiger partial charge in [0, 0.05) is 23.9 Å². The van der Waals surface area contributed by atoms with E-state index in [0.717, 1.165) is 6.07 Å². The molecule has 0 radical (unpaired) electrons. The SMILES string of the molecule is COc1cccc(NC(=O)C(=O)Nc2cc([N+](=O)[O-])ccc2OC)c1. The Balaban J connectivity index is 2.14. The first-order valence-electron chi connectivity index (χ1n) is 7.03. The highest BCUT2D eigenvalue weighted by molar-refractivity contribution is 6.43. The lowest BCUT2D eigenvalue weighted by atomic mass is 10.2. The van der Waals surface area contributed by atoms with Gasteiger partial charge in [0.15, 0.2) is 0 Å². The van der Waals surface area contributed by atoms with Crippen molar-refractivity contribution in [2.75, 3.05) is 24.9 Å². The summed E-state index contributed by atoms with van der Waals surface area (Å²) >= 11 is 0. The molecule has 2 amide bonds. The molecule has 0 spiro atoms. The van der Waals surface area contributed by atoms with Crippen LogP contribution in [0.2, 0.25) is 0 Å². The van der Waals surface area contributed by atoms with Gasteiger partial charge in [0.2, 0.25) is 0 Å². The molecule has 0 bridgehead atoms. The van der Waals surface area contributed by atoms with Crippen molar-refractivity contribution in [1.82, 2.24) is 0 Å². The molecule has 25 heavy (non-hydrogen) atoms. The monoisotopic (exact) mass is 345 g/mol. The Labute approximate surface area is 142 Å². The number of nitro benzene ring substituents is 1. The molecule has 0 fully saturated rings. The third-order valence-corrected chi connectivity index (χ3v) is 3.18. The molecular weight excluding hydrogens is 330 g/mol. The first-order chi connectivity index (χ1) is 11.9. The molecular formula is C16H15N3O6. The number of ether oxygens (including phenoxy) is 2. The van der Waals surface area contributed by atoms with Crippen molar-refractivity contribution in [2.24, 2.45) is 0 Å². The van der Waals surface area contributed by atoms with Crippen LogP contribution in [-0.2, 0) is 9.59 Å². The molecule has 0 aliphatic carbocycles. The molecule has 2 rings (SSSR count). The largest absolute Gasteiger partial charge is 0.497 e. The van der Waals surface area contributed by atoms with Crippen LogP contribution in [0.1, 0.15) is 0 Å². The van der Waals surface area contributed by atoms with E-state index in [1.807, 2.05) is 0 Å². The minimum Gasteiger partial charge on any atom is -0.497 e. The van der Waals surface area contributed by atoms with E-state index in [0.29, 0.717) is 11.4 Å². The number of carbonyl (C=O) groups excluding carboxylic acids is 2. The zero-order chi connectivity index (χ0) is 18.4. The van der Waals surface area contributed by atoms with Crippen LogP contribution in [0.5, 0.6) is 11.5 Å². The van der Waals surface area contributed by atoms with E-state index in [1.165, 1.54) is 26.4 Å². The normalized spacial score (nSPS) is 9.84. The number of carbonyl (C=O) groups is 2. The fourth-order valence-electron chi connectivity index (χ4n) is 1.97. The third kappa shape index (κ3) is 4.44. The fraction of sp³-hybridized carbons (Fsp3) is 0.125. The Hall–Kier alpha value is -3.62. The van der Waals surface area contributed by atoms with Crippen molar-refractivity contribution in [3.8, 4) is 11.5 Å². The first kappa shape index (κ1) is 17.7. The zero-order valence-corrected chi connectivity index (χ0v) is 13.4. The Kier molecular flexibility index (Phi) is 5.51. The number of amides is 2. The van der Waals surface area contributed by atoms with Crippen LogP contribution < -0.4 is 20.1 Å². The van der Waals surface area contributed by atoms with E-state index in [9.17, 15) is 19.7 Å². The van der Waals surface area contributed by atoms with Gasteiger partial charge in [-0.25, -0.2) is 0 Å². The maximum Gasteiger partial charge on any atom is 0.314 e. The lowest BCUT2D eigenvalue weighted by Crippen LogP contribution is -2.29. The summed E-state index contributed by atoms with van der Waals surface area (Å²) in [5, 5.41) is 15.5. The lowest BCUT2D eigenvalue weighted by Gasteiger charge is -2.10. The second-order valence-corrected chi connectivity index (χ2v) is 4.78. The van der Waals surface area contributed by atoms with Crippen LogP contribution in [0, 0.1) is 10.1 Å². The molecule has 0 saturated carbocycles. The molecule has 0 aromatic heterocycles. The van der Waals surface area contributed by atoms with Gasteiger partial charge in [0.25, 0.3) is 5.69 Å². The molecule has 130 valence electrons. The van der Waals surface area contributed by atoms with Gasteiger partial charge in [-0.2, -0.15) is 0 Å².